The van der Waals surface area contributed by atoms with Crippen LogP contribution in [0.3, 0.4) is 0 Å². The fourth-order valence-electron chi connectivity index (χ4n) is 3.38. The molecule has 0 saturated carbocycles. The average molecular weight is 399 g/mol. The van der Waals surface area contributed by atoms with Gasteiger partial charge in [0, 0.05) is 38.8 Å². The Morgan fingerprint density at radius 3 is 2.76 bits per heavy atom. The Hall–Kier alpha value is -2.77. The summed E-state index contributed by atoms with van der Waals surface area (Å²) < 4.78 is 19.1. The predicted octanol–water partition coefficient (Wildman–Crippen LogP) is 2.34. The summed E-state index contributed by atoms with van der Waals surface area (Å²) in [5, 5.41) is 5.63. The second-order valence-electron chi connectivity index (χ2n) is 7.22. The monoisotopic (exact) mass is 399 g/mol. The molecule has 6 nitrogen and oxygen atoms in total. The molecule has 1 aliphatic rings. The van der Waals surface area contributed by atoms with Gasteiger partial charge in [0.25, 0.3) is 0 Å². The van der Waals surface area contributed by atoms with E-state index in [4.69, 9.17) is 4.74 Å². The average Bonchev–Trinajstić information content (AvgIpc) is 2.66. The van der Waals surface area contributed by atoms with E-state index in [9.17, 15) is 14.0 Å². The van der Waals surface area contributed by atoms with Gasteiger partial charge >= 0.3 is 0 Å². The normalized spacial score (nSPS) is 17.0. The summed E-state index contributed by atoms with van der Waals surface area (Å²) in [4.78, 5) is 25.6. The lowest BCUT2D eigenvalue weighted by Crippen LogP contribution is -2.47. The number of ether oxygens (including phenoxy) is 1. The van der Waals surface area contributed by atoms with Crippen molar-refractivity contribution in [3.8, 4) is 0 Å². The van der Waals surface area contributed by atoms with Crippen LogP contribution in [-0.2, 0) is 27.3 Å². The Kier molecular flexibility index (Phi) is 7.32. The van der Waals surface area contributed by atoms with Gasteiger partial charge < -0.3 is 15.4 Å². The number of hydrogen-bond acceptors (Lipinski definition) is 4. The Balaban J connectivity index is 1.45. The van der Waals surface area contributed by atoms with Crippen LogP contribution in [0.4, 0.5) is 10.1 Å². The van der Waals surface area contributed by atoms with Crippen molar-refractivity contribution in [1.82, 2.24) is 10.2 Å². The predicted molar refractivity (Wildman–Crippen MR) is 109 cm³/mol. The summed E-state index contributed by atoms with van der Waals surface area (Å²) in [6, 6.07) is 13.8. The van der Waals surface area contributed by atoms with Crippen molar-refractivity contribution in [3.05, 3.63) is 65.5 Å². The highest BCUT2D eigenvalue weighted by Crippen LogP contribution is 2.13. The maximum Gasteiger partial charge on any atom is 0.224 e. The number of carbonyl (C=O) groups is 2. The molecule has 1 saturated heterocycles. The van der Waals surface area contributed by atoms with E-state index in [0.717, 1.165) is 17.7 Å². The van der Waals surface area contributed by atoms with Gasteiger partial charge in [0.15, 0.2) is 0 Å². The minimum absolute atomic E-state index is 0.101. The Morgan fingerprint density at radius 2 is 1.97 bits per heavy atom. The molecule has 0 spiro atoms. The summed E-state index contributed by atoms with van der Waals surface area (Å²) in [6.45, 7) is 4.55. The van der Waals surface area contributed by atoms with Crippen molar-refractivity contribution in [1.29, 1.82) is 0 Å². The zero-order valence-corrected chi connectivity index (χ0v) is 16.5. The van der Waals surface area contributed by atoms with Crippen LogP contribution in [0.2, 0.25) is 0 Å². The van der Waals surface area contributed by atoms with Crippen LogP contribution >= 0.6 is 0 Å². The van der Waals surface area contributed by atoms with Crippen molar-refractivity contribution in [2.75, 3.05) is 31.6 Å². The highest BCUT2D eigenvalue weighted by Gasteiger charge is 2.21. The Morgan fingerprint density at radius 1 is 1.17 bits per heavy atom. The first-order valence-corrected chi connectivity index (χ1v) is 9.69. The molecule has 7 heteroatoms. The zero-order chi connectivity index (χ0) is 20.6. The van der Waals surface area contributed by atoms with Gasteiger partial charge in [0.2, 0.25) is 11.8 Å². The van der Waals surface area contributed by atoms with E-state index >= 15 is 0 Å². The second-order valence-corrected chi connectivity index (χ2v) is 7.22. The van der Waals surface area contributed by atoms with Gasteiger partial charge in [-0.25, -0.2) is 4.39 Å². The fourth-order valence-corrected chi connectivity index (χ4v) is 3.38. The minimum atomic E-state index is -0.234. The molecular weight excluding hydrogens is 373 g/mol. The highest BCUT2D eigenvalue weighted by atomic mass is 19.1. The van der Waals surface area contributed by atoms with Crippen LogP contribution in [0.25, 0.3) is 0 Å². The van der Waals surface area contributed by atoms with Crippen molar-refractivity contribution in [2.45, 2.75) is 26.0 Å². The van der Waals surface area contributed by atoms with Gasteiger partial charge in [-0.1, -0.05) is 24.3 Å². The number of amides is 2. The van der Waals surface area contributed by atoms with Crippen molar-refractivity contribution >= 4 is 17.5 Å². The fraction of sp³-hybridized carbons (Fsp3) is 0.364. The van der Waals surface area contributed by atoms with Gasteiger partial charge in [0.1, 0.15) is 5.82 Å². The third-order valence-electron chi connectivity index (χ3n) is 4.66. The largest absolute Gasteiger partial charge is 0.374 e. The molecule has 1 aliphatic heterocycles. The molecule has 1 heterocycles. The molecule has 2 aromatic carbocycles. The molecule has 29 heavy (non-hydrogen) atoms. The van der Waals surface area contributed by atoms with Gasteiger partial charge in [0.05, 0.1) is 19.1 Å². The smallest absolute Gasteiger partial charge is 0.224 e. The van der Waals surface area contributed by atoms with Gasteiger partial charge in [-0.05, 0) is 35.4 Å². The molecule has 154 valence electrons. The summed E-state index contributed by atoms with van der Waals surface area (Å²) >= 11 is 0. The highest BCUT2D eigenvalue weighted by molar-refractivity contribution is 5.89. The molecule has 0 radical (unpaired) electrons. The van der Waals surface area contributed by atoms with Crippen LogP contribution in [0.15, 0.2) is 48.5 Å². The Bertz CT molecular complexity index is 859. The van der Waals surface area contributed by atoms with E-state index in [0.29, 0.717) is 31.9 Å². The van der Waals surface area contributed by atoms with E-state index in [1.54, 1.807) is 24.3 Å². The van der Waals surface area contributed by atoms with Gasteiger partial charge in [-0.15, -0.1) is 0 Å². The number of nitrogens with one attached hydrogen (secondary N) is 2. The van der Waals surface area contributed by atoms with Crippen LogP contribution in [0.1, 0.15) is 18.1 Å². The molecule has 1 atom stereocenters. The third kappa shape index (κ3) is 6.96. The summed E-state index contributed by atoms with van der Waals surface area (Å²) in [5.74, 6) is -0.484. The van der Waals surface area contributed by atoms with E-state index in [2.05, 4.69) is 15.5 Å². The minimum Gasteiger partial charge on any atom is -0.374 e. The van der Waals surface area contributed by atoms with E-state index < -0.39 is 0 Å². The van der Waals surface area contributed by atoms with Crippen LogP contribution < -0.4 is 10.6 Å². The first kappa shape index (κ1) is 21.0. The molecule has 0 unspecified atom stereocenters. The maximum atomic E-state index is 13.4. The molecule has 2 N–H and O–H groups in total. The number of morpholine rings is 1. The SMILES string of the molecule is CC(=O)Nc1cccc(CC(=O)NC[C@H]2CN(Cc3cccc(F)c3)CCO2)c1. The topological polar surface area (TPSA) is 70.7 Å². The first-order chi connectivity index (χ1) is 14.0. The van der Waals surface area contributed by atoms with E-state index in [1.165, 1.54) is 13.0 Å². The maximum absolute atomic E-state index is 13.4. The van der Waals surface area contributed by atoms with Crippen LogP contribution in [0.5, 0.6) is 0 Å². The summed E-state index contributed by atoms with van der Waals surface area (Å²) in [5.41, 5.74) is 2.42. The molecule has 0 bridgehead atoms. The number of rotatable bonds is 7. The number of benzene rings is 2. The van der Waals surface area contributed by atoms with Crippen molar-refractivity contribution in [3.63, 3.8) is 0 Å². The van der Waals surface area contributed by atoms with Crippen molar-refractivity contribution in [2.24, 2.45) is 0 Å². The molecule has 2 aromatic rings. The van der Waals surface area contributed by atoms with E-state index in [-0.39, 0.29) is 30.2 Å². The lowest BCUT2D eigenvalue weighted by Gasteiger charge is -2.33. The second kappa shape index (κ2) is 10.1. The lowest BCUT2D eigenvalue weighted by molar-refractivity contribution is -0.121. The third-order valence-corrected chi connectivity index (χ3v) is 4.66. The Labute approximate surface area is 170 Å². The quantitative estimate of drug-likeness (QED) is 0.750. The zero-order valence-electron chi connectivity index (χ0n) is 16.5. The molecule has 0 aliphatic carbocycles. The van der Waals surface area contributed by atoms with Gasteiger partial charge in [-0.3, -0.25) is 14.5 Å². The summed E-state index contributed by atoms with van der Waals surface area (Å²) in [6.07, 6.45) is 0.125. The standard InChI is InChI=1S/C22H26FN3O3/c1-16(27)25-20-7-3-4-17(11-20)12-22(28)24-13-21-15-26(8-9-29-21)14-18-5-2-6-19(23)10-18/h2-7,10-11,21H,8-9,12-15H2,1H3,(H,24,28)(H,25,27)/t21-/m0/s1. The number of anilines is 1. The molecule has 1 fully saturated rings. The lowest BCUT2D eigenvalue weighted by atomic mass is 10.1. The molecule has 2 amide bonds. The molecular formula is C22H26FN3O3. The number of hydrogen-bond donors (Lipinski definition) is 2. The first-order valence-electron chi connectivity index (χ1n) is 9.69. The number of halogens is 1. The number of carbonyl (C=O) groups excluding carboxylic acids is 2. The van der Waals surface area contributed by atoms with Gasteiger partial charge in [-0.2, -0.15) is 0 Å². The van der Waals surface area contributed by atoms with Crippen molar-refractivity contribution < 1.29 is 18.7 Å². The van der Waals surface area contributed by atoms with E-state index in [1.807, 2.05) is 18.2 Å². The van der Waals surface area contributed by atoms with Crippen LogP contribution in [0, 0.1) is 5.82 Å². The van der Waals surface area contributed by atoms with Crippen LogP contribution in [-0.4, -0.2) is 49.1 Å². The summed E-state index contributed by atoms with van der Waals surface area (Å²) in [7, 11) is 0. The number of nitrogens with zero attached hydrogens (tertiary/aromatic N) is 1. The molecule has 0 aromatic heterocycles. The molecule has 3 rings (SSSR count).